The van der Waals surface area contributed by atoms with Crippen molar-refractivity contribution in [1.82, 2.24) is 5.32 Å². The number of hydrogen-bond donors (Lipinski definition) is 1. The average Bonchev–Trinajstić information content (AvgIpc) is 2.93. The van der Waals surface area contributed by atoms with Gasteiger partial charge in [0.25, 0.3) is 0 Å². The number of alkyl carbamates (subject to hydrolysis) is 1. The number of amides is 1. The molecular formula is C20H29NO5. The molecule has 1 aliphatic carbocycles. The summed E-state index contributed by atoms with van der Waals surface area (Å²) in [7, 11) is 1.55. The van der Waals surface area contributed by atoms with Crippen LogP contribution < -0.4 is 14.8 Å². The Morgan fingerprint density at radius 2 is 1.88 bits per heavy atom. The summed E-state index contributed by atoms with van der Waals surface area (Å²) < 4.78 is 16.8. The molecule has 0 saturated heterocycles. The largest absolute Gasteiger partial charge is 0.496 e. The van der Waals surface area contributed by atoms with Crippen molar-refractivity contribution in [3.63, 3.8) is 0 Å². The number of aryl methyl sites for hydroxylation is 1. The number of carbonyl (C=O) groups is 2. The fourth-order valence-corrected chi connectivity index (χ4v) is 3.20. The summed E-state index contributed by atoms with van der Waals surface area (Å²) in [5, 5.41) is 2.89. The van der Waals surface area contributed by atoms with Crippen LogP contribution in [0.3, 0.4) is 0 Å². The topological polar surface area (TPSA) is 73.9 Å². The molecule has 6 nitrogen and oxygen atoms in total. The molecule has 0 aromatic heterocycles. The fraction of sp³-hybridized carbons (Fsp3) is 0.600. The van der Waals surface area contributed by atoms with E-state index in [0.29, 0.717) is 23.5 Å². The van der Waals surface area contributed by atoms with Gasteiger partial charge in [-0.15, -0.1) is 0 Å². The zero-order valence-electron chi connectivity index (χ0n) is 16.5. The molecule has 1 fully saturated rings. The van der Waals surface area contributed by atoms with Crippen molar-refractivity contribution >= 4 is 11.9 Å². The number of methoxy groups -OCH3 is 1. The van der Waals surface area contributed by atoms with Gasteiger partial charge >= 0.3 is 6.09 Å². The summed E-state index contributed by atoms with van der Waals surface area (Å²) >= 11 is 0. The molecule has 2 atom stereocenters. The molecule has 1 aromatic rings. The first-order valence-corrected chi connectivity index (χ1v) is 8.95. The first kappa shape index (κ1) is 20.1. The lowest BCUT2D eigenvalue weighted by Crippen LogP contribution is -2.38. The second-order valence-corrected chi connectivity index (χ2v) is 7.74. The van der Waals surface area contributed by atoms with Crippen molar-refractivity contribution in [3.05, 3.63) is 23.3 Å². The van der Waals surface area contributed by atoms with Gasteiger partial charge in [0.05, 0.1) is 7.11 Å². The van der Waals surface area contributed by atoms with E-state index in [2.05, 4.69) is 5.32 Å². The van der Waals surface area contributed by atoms with Crippen LogP contribution in [0.2, 0.25) is 0 Å². The van der Waals surface area contributed by atoms with E-state index in [9.17, 15) is 9.59 Å². The quantitative estimate of drug-likeness (QED) is 0.800. The molecule has 0 aliphatic heterocycles. The van der Waals surface area contributed by atoms with Gasteiger partial charge in [-0.05, 0) is 59.1 Å². The van der Waals surface area contributed by atoms with E-state index in [1.807, 2.05) is 39.8 Å². The molecule has 6 heteroatoms. The summed E-state index contributed by atoms with van der Waals surface area (Å²) in [5.41, 5.74) is 0.838. The number of hydrogen-bond acceptors (Lipinski definition) is 5. The van der Waals surface area contributed by atoms with E-state index in [-0.39, 0.29) is 17.9 Å². The monoisotopic (exact) mass is 363 g/mol. The standard InChI is InChI=1S/C20H29NO5/c1-12-7-10-16(17(13(2)22)18(12)24-6)25-15-9-8-14(11-15)21-19(23)26-20(3,4)5/h7,10,14-15H,8-9,11H2,1-6H3,(H,21,23)/t14-,15+/m0/s1. The van der Waals surface area contributed by atoms with Crippen molar-refractivity contribution in [1.29, 1.82) is 0 Å². The van der Waals surface area contributed by atoms with Crippen molar-refractivity contribution < 1.29 is 23.8 Å². The second-order valence-electron chi connectivity index (χ2n) is 7.74. The van der Waals surface area contributed by atoms with Gasteiger partial charge in [0.1, 0.15) is 28.8 Å². The van der Waals surface area contributed by atoms with Crippen LogP contribution in [0.4, 0.5) is 4.79 Å². The Kier molecular flexibility index (Phi) is 6.16. The predicted molar refractivity (Wildman–Crippen MR) is 99.2 cm³/mol. The molecule has 0 heterocycles. The van der Waals surface area contributed by atoms with Gasteiger partial charge in [0.15, 0.2) is 5.78 Å². The number of Topliss-reactive ketones (excluding diaryl/α,β-unsaturated/α-hetero) is 1. The Balaban J connectivity index is 2.03. The molecule has 144 valence electrons. The number of carbonyl (C=O) groups excluding carboxylic acids is 2. The molecule has 0 spiro atoms. The number of rotatable bonds is 5. The van der Waals surface area contributed by atoms with Crippen LogP contribution in [0.15, 0.2) is 12.1 Å². The van der Waals surface area contributed by atoms with Crippen molar-refractivity contribution in [2.24, 2.45) is 0 Å². The van der Waals surface area contributed by atoms with Gasteiger partial charge in [0, 0.05) is 12.5 Å². The summed E-state index contributed by atoms with van der Waals surface area (Å²) in [5.74, 6) is 0.987. The maximum Gasteiger partial charge on any atom is 0.407 e. The highest BCUT2D eigenvalue weighted by molar-refractivity contribution is 6.00. The van der Waals surface area contributed by atoms with E-state index in [1.165, 1.54) is 6.92 Å². The molecule has 1 aromatic carbocycles. The van der Waals surface area contributed by atoms with Crippen molar-refractivity contribution in [2.45, 2.75) is 71.6 Å². The van der Waals surface area contributed by atoms with Crippen LogP contribution in [-0.4, -0.2) is 36.7 Å². The molecule has 2 rings (SSSR count). The number of ether oxygens (including phenoxy) is 3. The predicted octanol–water partition coefficient (Wildman–Crippen LogP) is 4.03. The van der Waals surface area contributed by atoms with E-state index in [1.54, 1.807) is 7.11 Å². The summed E-state index contributed by atoms with van der Waals surface area (Å²) in [6, 6.07) is 3.69. The third kappa shape index (κ3) is 5.13. The maximum absolute atomic E-state index is 12.1. The van der Waals surface area contributed by atoms with Crippen LogP contribution in [0.1, 0.15) is 62.9 Å². The Labute approximate surface area is 155 Å². The number of benzene rings is 1. The molecule has 0 radical (unpaired) electrons. The van der Waals surface area contributed by atoms with Gasteiger partial charge in [-0.1, -0.05) is 6.07 Å². The highest BCUT2D eigenvalue weighted by Crippen LogP contribution is 2.35. The zero-order chi connectivity index (χ0) is 19.5. The Bertz CT molecular complexity index is 678. The van der Waals surface area contributed by atoms with E-state index >= 15 is 0 Å². The molecule has 1 saturated carbocycles. The molecule has 0 bridgehead atoms. The van der Waals surface area contributed by atoms with Gasteiger partial charge in [-0.3, -0.25) is 4.79 Å². The highest BCUT2D eigenvalue weighted by atomic mass is 16.6. The van der Waals surface area contributed by atoms with Crippen molar-refractivity contribution in [2.75, 3.05) is 7.11 Å². The molecule has 26 heavy (non-hydrogen) atoms. The van der Waals surface area contributed by atoms with Gasteiger partial charge in [-0.25, -0.2) is 4.79 Å². The minimum atomic E-state index is -0.520. The van der Waals surface area contributed by atoms with E-state index < -0.39 is 11.7 Å². The highest BCUT2D eigenvalue weighted by Gasteiger charge is 2.30. The third-order valence-electron chi connectivity index (χ3n) is 4.27. The zero-order valence-corrected chi connectivity index (χ0v) is 16.5. The normalized spacial score (nSPS) is 19.8. The second kappa shape index (κ2) is 7.98. The van der Waals surface area contributed by atoms with E-state index in [4.69, 9.17) is 14.2 Å². The summed E-state index contributed by atoms with van der Waals surface area (Å²) in [4.78, 5) is 24.0. The van der Waals surface area contributed by atoms with Gasteiger partial charge in [0.2, 0.25) is 0 Å². The Hall–Kier alpha value is -2.24. The van der Waals surface area contributed by atoms with Crippen molar-refractivity contribution in [3.8, 4) is 11.5 Å². The lowest BCUT2D eigenvalue weighted by molar-refractivity contribution is 0.0503. The van der Waals surface area contributed by atoms with Crippen LogP contribution in [0, 0.1) is 6.92 Å². The number of nitrogens with one attached hydrogen (secondary N) is 1. The first-order chi connectivity index (χ1) is 12.1. The van der Waals surface area contributed by atoms with Crippen LogP contribution >= 0.6 is 0 Å². The van der Waals surface area contributed by atoms with E-state index in [0.717, 1.165) is 18.4 Å². The summed E-state index contributed by atoms with van der Waals surface area (Å²) in [6.45, 7) is 8.90. The first-order valence-electron chi connectivity index (χ1n) is 8.95. The van der Waals surface area contributed by atoms with Crippen LogP contribution in [0.25, 0.3) is 0 Å². The minimum Gasteiger partial charge on any atom is -0.496 e. The molecular weight excluding hydrogens is 334 g/mol. The smallest absolute Gasteiger partial charge is 0.407 e. The average molecular weight is 363 g/mol. The fourth-order valence-electron chi connectivity index (χ4n) is 3.20. The third-order valence-corrected chi connectivity index (χ3v) is 4.27. The molecule has 1 aliphatic rings. The Morgan fingerprint density at radius 1 is 1.19 bits per heavy atom. The van der Waals surface area contributed by atoms with Crippen LogP contribution in [0.5, 0.6) is 11.5 Å². The number of ketones is 1. The van der Waals surface area contributed by atoms with Gasteiger partial charge in [-0.2, -0.15) is 0 Å². The molecule has 0 unspecified atom stereocenters. The lowest BCUT2D eigenvalue weighted by Gasteiger charge is -2.22. The molecule has 1 amide bonds. The minimum absolute atomic E-state index is 0.00275. The Morgan fingerprint density at radius 3 is 2.46 bits per heavy atom. The summed E-state index contributed by atoms with van der Waals surface area (Å²) in [6.07, 6.45) is 1.80. The lowest BCUT2D eigenvalue weighted by atomic mass is 10.0. The SMILES string of the molecule is COc1c(C)ccc(O[C@@H]2CC[C@H](NC(=O)OC(C)(C)C)C2)c1C(C)=O. The van der Waals surface area contributed by atoms with Gasteiger partial charge < -0.3 is 19.5 Å². The maximum atomic E-state index is 12.1. The molecule has 1 N–H and O–H groups in total. The van der Waals surface area contributed by atoms with Crippen LogP contribution in [-0.2, 0) is 4.74 Å².